The Morgan fingerprint density at radius 2 is 1.57 bits per heavy atom. The van der Waals surface area contributed by atoms with Gasteiger partial charge in [-0.05, 0) is 44.7 Å². The summed E-state index contributed by atoms with van der Waals surface area (Å²) in [7, 11) is 0.990. The van der Waals surface area contributed by atoms with E-state index in [0.717, 1.165) is 13.8 Å². The van der Waals surface area contributed by atoms with Crippen molar-refractivity contribution >= 4 is 23.9 Å². The van der Waals surface area contributed by atoms with Crippen LogP contribution in [0.2, 0.25) is 0 Å². The Morgan fingerprint density at radius 3 is 2.09 bits per heavy atom. The molecular weight excluding hydrogens is 277 g/mol. The third-order valence-electron chi connectivity index (χ3n) is 4.55. The van der Waals surface area contributed by atoms with E-state index in [0.29, 0.717) is 0 Å². The van der Waals surface area contributed by atoms with Gasteiger partial charge in [0, 0.05) is 12.2 Å². The average molecular weight is 307 g/mol. The second-order valence-electron chi connectivity index (χ2n) is 7.71. The van der Waals surface area contributed by atoms with Gasteiger partial charge in [0.2, 0.25) is 0 Å². The molecule has 0 radical (unpaired) electrons. The number of benzene rings is 2. The van der Waals surface area contributed by atoms with E-state index in [1.807, 2.05) is 0 Å². The van der Waals surface area contributed by atoms with E-state index in [1.165, 1.54) is 38.9 Å². The van der Waals surface area contributed by atoms with Gasteiger partial charge in [-0.15, -0.1) is 0 Å². The maximum atomic E-state index is 3.53. The van der Waals surface area contributed by atoms with Crippen LogP contribution in [0, 0.1) is 20.8 Å². The van der Waals surface area contributed by atoms with Crippen LogP contribution in [-0.2, 0) is 5.41 Å². The van der Waals surface area contributed by atoms with E-state index in [2.05, 4.69) is 84.1 Å². The van der Waals surface area contributed by atoms with Crippen LogP contribution in [0.15, 0.2) is 30.3 Å². The molecule has 0 aliphatic heterocycles. The molecule has 1 nitrogen and oxygen atoms in total. The number of hydrogen-bond donors (Lipinski definition) is 1. The molecule has 0 saturated heterocycles. The van der Waals surface area contributed by atoms with Crippen molar-refractivity contribution in [3.05, 3.63) is 52.6 Å². The molecule has 0 unspecified atom stereocenters. The van der Waals surface area contributed by atoms with Crippen molar-refractivity contribution in [3.63, 3.8) is 0 Å². The normalized spacial score (nSPS) is 11.4. The van der Waals surface area contributed by atoms with Gasteiger partial charge in [0.25, 0.3) is 0 Å². The van der Waals surface area contributed by atoms with Crippen molar-refractivity contribution in [1.82, 2.24) is 0 Å². The molecule has 0 aromatic heterocycles. The molecule has 2 rings (SSSR count). The van der Waals surface area contributed by atoms with Crippen molar-refractivity contribution in [2.45, 2.75) is 53.9 Å². The van der Waals surface area contributed by atoms with Gasteiger partial charge in [-0.2, -0.15) is 0 Å². The molecule has 0 heterocycles. The monoisotopic (exact) mass is 307 g/mol. The third kappa shape index (κ3) is 4.19. The van der Waals surface area contributed by atoms with Crippen LogP contribution in [0.4, 0.5) is 5.69 Å². The van der Waals surface area contributed by atoms with Crippen LogP contribution < -0.4 is 16.2 Å². The summed E-state index contributed by atoms with van der Waals surface area (Å²) in [4.78, 5) is 0. The van der Waals surface area contributed by atoms with Crippen LogP contribution in [0.25, 0.3) is 0 Å². The van der Waals surface area contributed by atoms with Gasteiger partial charge in [-0.25, -0.2) is 0 Å². The van der Waals surface area contributed by atoms with E-state index in [9.17, 15) is 0 Å². The van der Waals surface area contributed by atoms with E-state index in [4.69, 9.17) is 0 Å². The number of aryl methyl sites for hydroxylation is 3. The Balaban J connectivity index is 2.49. The van der Waals surface area contributed by atoms with Crippen molar-refractivity contribution < 1.29 is 0 Å². The summed E-state index contributed by atoms with van der Waals surface area (Å²) >= 11 is 0. The summed E-state index contributed by atoms with van der Waals surface area (Å²) in [6, 6.07) is 11.5. The fraction of sp³-hybridized carbons (Fsp3) is 0.429. The highest BCUT2D eigenvalue weighted by molar-refractivity contribution is 6.69. The third-order valence-corrected chi connectivity index (χ3v) is 4.55. The topological polar surface area (TPSA) is 12.0 Å². The summed E-state index contributed by atoms with van der Waals surface area (Å²) in [5.41, 5.74) is 9.83. The zero-order valence-corrected chi connectivity index (χ0v) is 15.8. The van der Waals surface area contributed by atoms with Crippen LogP contribution in [0.3, 0.4) is 0 Å². The van der Waals surface area contributed by atoms with E-state index < -0.39 is 0 Å². The van der Waals surface area contributed by atoms with E-state index >= 15 is 0 Å². The molecular formula is C21H30BN. The quantitative estimate of drug-likeness (QED) is 0.849. The molecule has 23 heavy (non-hydrogen) atoms. The lowest BCUT2D eigenvalue weighted by Crippen LogP contribution is -2.34. The SMILES string of the molecule is CCNc1ccc(C(C)(C)C)cc1Bc1c(C)cc(C)cc1C. The molecule has 2 aromatic carbocycles. The fourth-order valence-electron chi connectivity index (χ4n) is 3.25. The first-order valence-electron chi connectivity index (χ1n) is 8.66. The van der Waals surface area contributed by atoms with Crippen LogP contribution in [0.5, 0.6) is 0 Å². The van der Waals surface area contributed by atoms with Crippen LogP contribution >= 0.6 is 0 Å². The molecule has 0 fully saturated rings. The molecule has 122 valence electrons. The Hall–Kier alpha value is -1.70. The molecule has 0 spiro atoms. The van der Waals surface area contributed by atoms with E-state index in [-0.39, 0.29) is 5.41 Å². The number of rotatable bonds is 4. The lowest BCUT2D eigenvalue weighted by molar-refractivity contribution is 0.591. The van der Waals surface area contributed by atoms with Crippen molar-refractivity contribution in [2.75, 3.05) is 11.9 Å². The highest BCUT2D eigenvalue weighted by atomic mass is 14.9. The summed E-state index contributed by atoms with van der Waals surface area (Å²) in [5.74, 6) is 0. The average Bonchev–Trinajstić information content (AvgIpc) is 2.43. The highest BCUT2D eigenvalue weighted by Crippen LogP contribution is 2.22. The minimum Gasteiger partial charge on any atom is -0.386 e. The van der Waals surface area contributed by atoms with Crippen molar-refractivity contribution in [2.24, 2.45) is 0 Å². The molecule has 1 N–H and O–H groups in total. The molecule has 0 saturated carbocycles. The molecule has 0 bridgehead atoms. The first kappa shape index (κ1) is 17.7. The molecule has 2 heteroatoms. The molecule has 0 aliphatic carbocycles. The fourth-order valence-corrected chi connectivity index (χ4v) is 3.25. The smallest absolute Gasteiger partial charge is 0.195 e. The Kier molecular flexibility index (Phi) is 5.24. The standard InChI is InChI=1S/C21H30BN/c1-8-23-19-10-9-17(21(5,6)7)13-18(19)22-20-15(3)11-14(2)12-16(20)4/h9-13,22-23H,8H2,1-7H3. The minimum absolute atomic E-state index is 0.177. The number of nitrogens with one attached hydrogen (secondary N) is 1. The van der Waals surface area contributed by atoms with Gasteiger partial charge in [-0.1, -0.05) is 72.7 Å². The van der Waals surface area contributed by atoms with Gasteiger partial charge < -0.3 is 5.32 Å². The predicted octanol–water partition coefficient (Wildman–Crippen LogP) is 3.73. The van der Waals surface area contributed by atoms with E-state index in [1.54, 1.807) is 0 Å². The predicted molar refractivity (Wildman–Crippen MR) is 106 cm³/mol. The zero-order valence-electron chi connectivity index (χ0n) is 15.8. The second-order valence-corrected chi connectivity index (χ2v) is 7.71. The lowest BCUT2D eigenvalue weighted by Gasteiger charge is -2.22. The largest absolute Gasteiger partial charge is 0.386 e. The summed E-state index contributed by atoms with van der Waals surface area (Å²) in [5, 5.41) is 3.53. The van der Waals surface area contributed by atoms with Crippen molar-refractivity contribution in [3.8, 4) is 0 Å². The van der Waals surface area contributed by atoms with Gasteiger partial charge in [-0.3, -0.25) is 0 Å². The van der Waals surface area contributed by atoms with Gasteiger partial charge in [0.1, 0.15) is 0 Å². The van der Waals surface area contributed by atoms with Gasteiger partial charge in [0.15, 0.2) is 7.28 Å². The summed E-state index contributed by atoms with van der Waals surface area (Å²) in [6.45, 7) is 16.6. The Morgan fingerprint density at radius 1 is 0.957 bits per heavy atom. The van der Waals surface area contributed by atoms with Crippen LogP contribution in [0.1, 0.15) is 49.9 Å². The number of hydrogen-bond acceptors (Lipinski definition) is 1. The number of anilines is 1. The Labute approximate surface area is 142 Å². The summed E-state index contributed by atoms with van der Waals surface area (Å²) in [6.07, 6.45) is 0. The summed E-state index contributed by atoms with van der Waals surface area (Å²) < 4.78 is 0. The van der Waals surface area contributed by atoms with Crippen LogP contribution in [-0.4, -0.2) is 13.8 Å². The first-order valence-corrected chi connectivity index (χ1v) is 8.66. The molecule has 0 aliphatic rings. The lowest BCUT2D eigenvalue weighted by atomic mass is 9.59. The second kappa shape index (κ2) is 6.82. The van der Waals surface area contributed by atoms with Gasteiger partial charge in [0.05, 0.1) is 0 Å². The highest BCUT2D eigenvalue weighted by Gasteiger charge is 2.17. The minimum atomic E-state index is 0.177. The van der Waals surface area contributed by atoms with Gasteiger partial charge >= 0.3 is 0 Å². The molecule has 2 aromatic rings. The molecule has 0 amide bonds. The zero-order chi connectivity index (χ0) is 17.2. The first-order chi connectivity index (χ1) is 10.7. The Bertz CT molecular complexity index is 672. The van der Waals surface area contributed by atoms with Crippen molar-refractivity contribution in [1.29, 1.82) is 0 Å². The molecule has 0 atom stereocenters. The maximum Gasteiger partial charge on any atom is 0.195 e. The maximum absolute atomic E-state index is 3.53.